The molecule has 3 aliphatic carbocycles. The van der Waals surface area contributed by atoms with Gasteiger partial charge in [0.2, 0.25) is 0 Å². The monoisotopic (exact) mass is 235 g/mol. The number of hydrogen-bond donors (Lipinski definition) is 0. The highest BCUT2D eigenvalue weighted by atomic mass is 16.1. The number of nitrogens with zero attached hydrogens (tertiary/aromatic N) is 1. The van der Waals surface area contributed by atoms with Crippen LogP contribution in [0.1, 0.15) is 52.4 Å². The van der Waals surface area contributed by atoms with Crippen molar-refractivity contribution in [3.8, 4) is 0 Å². The van der Waals surface area contributed by atoms with Gasteiger partial charge in [-0.3, -0.25) is 9.69 Å². The van der Waals surface area contributed by atoms with E-state index in [1.807, 2.05) is 0 Å². The van der Waals surface area contributed by atoms with E-state index in [9.17, 15) is 4.79 Å². The molecule has 3 rings (SSSR count). The zero-order chi connectivity index (χ0) is 12.0. The Morgan fingerprint density at radius 3 is 2.29 bits per heavy atom. The van der Waals surface area contributed by atoms with Gasteiger partial charge in [0.15, 0.2) is 0 Å². The highest BCUT2D eigenvalue weighted by Gasteiger charge is 2.43. The van der Waals surface area contributed by atoms with Gasteiger partial charge in [0.25, 0.3) is 0 Å². The van der Waals surface area contributed by atoms with Gasteiger partial charge >= 0.3 is 0 Å². The maximum absolute atomic E-state index is 12.3. The molecule has 0 aromatic carbocycles. The molecule has 3 saturated carbocycles. The third kappa shape index (κ3) is 2.57. The fourth-order valence-corrected chi connectivity index (χ4v) is 3.24. The Balaban J connectivity index is 1.58. The van der Waals surface area contributed by atoms with Gasteiger partial charge in [0.1, 0.15) is 5.78 Å². The maximum Gasteiger partial charge on any atom is 0.142 e. The van der Waals surface area contributed by atoms with Crippen LogP contribution in [0.4, 0.5) is 0 Å². The molecule has 17 heavy (non-hydrogen) atoms. The second kappa shape index (κ2) is 4.08. The smallest absolute Gasteiger partial charge is 0.142 e. The number of Topliss-reactive ketones (excluding diaryl/α,β-unsaturated/α-hetero) is 1. The lowest BCUT2D eigenvalue weighted by Gasteiger charge is -2.25. The number of carbonyl (C=O) groups excluding carboxylic acids is 1. The van der Waals surface area contributed by atoms with Gasteiger partial charge < -0.3 is 0 Å². The lowest BCUT2D eigenvalue weighted by molar-refractivity contribution is -0.128. The van der Waals surface area contributed by atoms with E-state index < -0.39 is 0 Å². The Kier molecular flexibility index (Phi) is 2.81. The Labute approximate surface area is 105 Å². The summed E-state index contributed by atoms with van der Waals surface area (Å²) in [6, 6.07) is 0.826. The van der Waals surface area contributed by atoms with Crippen LogP contribution in [0.15, 0.2) is 0 Å². The molecule has 0 heterocycles. The summed E-state index contributed by atoms with van der Waals surface area (Å²) in [5, 5.41) is 0. The molecule has 0 bridgehead atoms. The largest absolute Gasteiger partial charge is 0.299 e. The molecule has 0 aliphatic heterocycles. The van der Waals surface area contributed by atoms with Gasteiger partial charge in [0, 0.05) is 30.5 Å². The van der Waals surface area contributed by atoms with Crippen LogP contribution in [0.2, 0.25) is 0 Å². The fraction of sp³-hybridized carbons (Fsp3) is 0.933. The van der Waals surface area contributed by atoms with Crippen molar-refractivity contribution in [2.45, 2.75) is 58.4 Å². The summed E-state index contributed by atoms with van der Waals surface area (Å²) in [5.41, 5.74) is -0.0422. The van der Waals surface area contributed by atoms with Crippen molar-refractivity contribution in [1.82, 2.24) is 4.90 Å². The van der Waals surface area contributed by atoms with E-state index in [0.29, 0.717) is 11.7 Å². The molecule has 0 aromatic heterocycles. The highest BCUT2D eigenvalue weighted by Crippen LogP contribution is 2.40. The van der Waals surface area contributed by atoms with Crippen LogP contribution in [-0.4, -0.2) is 29.8 Å². The number of rotatable bonds is 5. The van der Waals surface area contributed by atoms with E-state index in [2.05, 4.69) is 18.7 Å². The van der Waals surface area contributed by atoms with Crippen LogP contribution < -0.4 is 0 Å². The van der Waals surface area contributed by atoms with Crippen molar-refractivity contribution < 1.29 is 4.79 Å². The number of ketones is 1. The zero-order valence-electron chi connectivity index (χ0n) is 11.2. The molecule has 1 atom stereocenters. The Hall–Kier alpha value is -0.370. The molecule has 0 N–H and O–H groups in total. The molecule has 2 heteroatoms. The molecule has 0 spiro atoms. The number of hydrogen-bond acceptors (Lipinski definition) is 2. The lowest BCUT2D eigenvalue weighted by Crippen LogP contribution is -2.36. The summed E-state index contributed by atoms with van der Waals surface area (Å²) < 4.78 is 0. The molecule has 0 saturated heterocycles. The van der Waals surface area contributed by atoms with Gasteiger partial charge in [-0.1, -0.05) is 13.8 Å². The van der Waals surface area contributed by atoms with Crippen molar-refractivity contribution in [1.29, 1.82) is 0 Å². The summed E-state index contributed by atoms with van der Waals surface area (Å²) in [4.78, 5) is 14.9. The Bertz CT molecular complexity index is 315. The maximum atomic E-state index is 12.3. The summed E-state index contributed by atoms with van der Waals surface area (Å²) in [7, 11) is 0. The van der Waals surface area contributed by atoms with E-state index in [4.69, 9.17) is 0 Å². The Morgan fingerprint density at radius 2 is 1.82 bits per heavy atom. The summed E-state index contributed by atoms with van der Waals surface area (Å²) in [6.07, 6.45) is 7.81. The van der Waals surface area contributed by atoms with Crippen LogP contribution in [0.3, 0.4) is 0 Å². The predicted octanol–water partition coefficient (Wildman–Crippen LogP) is 2.87. The first-order valence-corrected chi connectivity index (χ1v) is 7.34. The highest BCUT2D eigenvalue weighted by molar-refractivity contribution is 5.88. The minimum atomic E-state index is -0.0422. The van der Waals surface area contributed by atoms with Gasteiger partial charge in [0.05, 0.1) is 0 Å². The quantitative estimate of drug-likeness (QED) is 0.730. The lowest BCUT2D eigenvalue weighted by atomic mass is 9.89. The molecule has 0 aromatic rings. The van der Waals surface area contributed by atoms with Crippen LogP contribution in [0.25, 0.3) is 0 Å². The van der Waals surface area contributed by atoms with Crippen molar-refractivity contribution in [3.63, 3.8) is 0 Å². The van der Waals surface area contributed by atoms with Gasteiger partial charge in [-0.2, -0.15) is 0 Å². The molecule has 1 unspecified atom stereocenters. The zero-order valence-corrected chi connectivity index (χ0v) is 11.2. The van der Waals surface area contributed by atoms with Crippen molar-refractivity contribution in [2.24, 2.45) is 17.3 Å². The third-order valence-electron chi connectivity index (χ3n) is 4.86. The van der Waals surface area contributed by atoms with Crippen LogP contribution >= 0.6 is 0 Å². The van der Waals surface area contributed by atoms with Crippen molar-refractivity contribution in [2.75, 3.05) is 13.1 Å². The minimum Gasteiger partial charge on any atom is -0.299 e. The summed E-state index contributed by atoms with van der Waals surface area (Å²) in [6.45, 7) is 6.58. The summed E-state index contributed by atoms with van der Waals surface area (Å²) in [5.74, 6) is 1.82. The summed E-state index contributed by atoms with van der Waals surface area (Å²) >= 11 is 0. The van der Waals surface area contributed by atoms with Crippen molar-refractivity contribution in [3.05, 3.63) is 0 Å². The van der Waals surface area contributed by atoms with Crippen molar-refractivity contribution >= 4 is 5.78 Å². The van der Waals surface area contributed by atoms with Gasteiger partial charge in [-0.25, -0.2) is 0 Å². The second-order valence-corrected chi connectivity index (χ2v) is 7.11. The first-order valence-electron chi connectivity index (χ1n) is 7.34. The van der Waals surface area contributed by atoms with Crippen LogP contribution in [0.5, 0.6) is 0 Å². The van der Waals surface area contributed by atoms with E-state index in [1.165, 1.54) is 32.2 Å². The van der Waals surface area contributed by atoms with E-state index in [-0.39, 0.29) is 5.41 Å². The fourth-order valence-electron chi connectivity index (χ4n) is 3.24. The first kappa shape index (κ1) is 11.7. The molecular weight excluding hydrogens is 210 g/mol. The first-order chi connectivity index (χ1) is 8.06. The average molecular weight is 235 g/mol. The average Bonchev–Trinajstić information content (AvgIpc) is 3.14. The molecule has 3 fully saturated rings. The minimum absolute atomic E-state index is 0.0422. The SMILES string of the molecule is CC1(C)CCC(CN(CC2CC2)C2CC2)C1=O. The van der Waals surface area contributed by atoms with E-state index in [1.54, 1.807) is 0 Å². The third-order valence-corrected chi connectivity index (χ3v) is 4.86. The number of carbonyl (C=O) groups is 1. The molecule has 2 nitrogen and oxygen atoms in total. The van der Waals surface area contributed by atoms with Gasteiger partial charge in [-0.15, -0.1) is 0 Å². The topological polar surface area (TPSA) is 20.3 Å². The predicted molar refractivity (Wildman–Crippen MR) is 68.8 cm³/mol. The van der Waals surface area contributed by atoms with Crippen LogP contribution in [-0.2, 0) is 4.79 Å². The molecular formula is C15H25NO. The Morgan fingerprint density at radius 1 is 1.12 bits per heavy atom. The normalized spacial score (nSPS) is 32.4. The molecule has 96 valence electrons. The van der Waals surface area contributed by atoms with E-state index >= 15 is 0 Å². The molecule has 0 amide bonds. The van der Waals surface area contributed by atoms with Gasteiger partial charge in [-0.05, 0) is 44.4 Å². The second-order valence-electron chi connectivity index (χ2n) is 7.11. The molecule has 3 aliphatic rings. The standard InChI is InChI=1S/C15H25NO/c1-15(2)8-7-12(14(15)17)10-16(13-5-6-13)9-11-3-4-11/h11-13H,3-10H2,1-2H3. The van der Waals surface area contributed by atoms with Crippen LogP contribution in [0, 0.1) is 17.3 Å². The molecule has 0 radical (unpaired) electrons. The van der Waals surface area contributed by atoms with E-state index in [0.717, 1.165) is 31.3 Å².